The van der Waals surface area contributed by atoms with Crippen LogP contribution in [-0.2, 0) is 16.1 Å². The van der Waals surface area contributed by atoms with Gasteiger partial charge in [0.2, 0.25) is 0 Å². The maximum absolute atomic E-state index is 13.0. The summed E-state index contributed by atoms with van der Waals surface area (Å²) in [6.07, 6.45) is -1.02. The van der Waals surface area contributed by atoms with Crippen LogP contribution >= 0.6 is 0 Å². The van der Waals surface area contributed by atoms with E-state index in [2.05, 4.69) is 5.32 Å². The van der Waals surface area contributed by atoms with E-state index >= 15 is 0 Å². The molecule has 0 spiro atoms. The van der Waals surface area contributed by atoms with Crippen molar-refractivity contribution in [3.05, 3.63) is 95.8 Å². The number of amides is 1. The lowest BCUT2D eigenvalue weighted by atomic mass is 10.2. The van der Waals surface area contributed by atoms with E-state index in [4.69, 9.17) is 14.2 Å². The summed E-state index contributed by atoms with van der Waals surface area (Å²) in [5, 5.41) is 2.66. The molecule has 6 nitrogen and oxygen atoms in total. The summed E-state index contributed by atoms with van der Waals surface area (Å²) in [7, 11) is 0. The van der Waals surface area contributed by atoms with E-state index in [-0.39, 0.29) is 24.5 Å². The highest BCUT2D eigenvalue weighted by Crippen LogP contribution is 2.20. The molecule has 0 aliphatic heterocycles. The molecule has 1 unspecified atom stereocenters. The Morgan fingerprint density at radius 2 is 1.53 bits per heavy atom. The number of halogens is 1. The summed E-state index contributed by atoms with van der Waals surface area (Å²) in [5.74, 6) is -0.418. The summed E-state index contributed by atoms with van der Waals surface area (Å²) in [5.41, 5.74) is 0.945. The average molecular weight is 437 g/mol. The lowest BCUT2D eigenvalue weighted by molar-refractivity contribution is -0.129. The third-order valence-electron chi connectivity index (χ3n) is 4.49. The second-order valence-electron chi connectivity index (χ2n) is 6.90. The standard InChI is InChI=1S/C25H24FNO5/c1-18(24(28)27-17-19-11-13-20(26)14-12-19)32-25(29)22-9-5-6-10-23(22)31-16-15-30-21-7-3-2-4-8-21/h2-14,18H,15-17H2,1H3,(H,27,28). The van der Waals surface area contributed by atoms with Crippen molar-refractivity contribution < 1.29 is 28.2 Å². The molecule has 1 amide bonds. The van der Waals surface area contributed by atoms with Gasteiger partial charge in [-0.1, -0.05) is 42.5 Å². The predicted octanol–water partition coefficient (Wildman–Crippen LogP) is 4.15. The third-order valence-corrected chi connectivity index (χ3v) is 4.49. The van der Waals surface area contributed by atoms with Crippen molar-refractivity contribution >= 4 is 11.9 Å². The highest BCUT2D eigenvalue weighted by atomic mass is 19.1. The second-order valence-corrected chi connectivity index (χ2v) is 6.90. The van der Waals surface area contributed by atoms with E-state index in [0.29, 0.717) is 12.4 Å². The van der Waals surface area contributed by atoms with Crippen LogP contribution in [0.1, 0.15) is 22.8 Å². The zero-order valence-corrected chi connectivity index (χ0v) is 17.6. The van der Waals surface area contributed by atoms with Gasteiger partial charge in [0.05, 0.1) is 0 Å². The smallest absolute Gasteiger partial charge is 0.342 e. The molecule has 0 aromatic heterocycles. The van der Waals surface area contributed by atoms with Crippen LogP contribution in [0.3, 0.4) is 0 Å². The van der Waals surface area contributed by atoms with Crippen molar-refractivity contribution in [3.63, 3.8) is 0 Å². The van der Waals surface area contributed by atoms with Gasteiger partial charge in [0.25, 0.3) is 5.91 Å². The Hall–Kier alpha value is -3.87. The number of carbonyl (C=O) groups excluding carboxylic acids is 2. The maximum atomic E-state index is 13.0. The Kier molecular flexibility index (Phi) is 8.20. The van der Waals surface area contributed by atoms with Crippen LogP contribution in [0.4, 0.5) is 4.39 Å². The summed E-state index contributed by atoms with van der Waals surface area (Å²) in [4.78, 5) is 24.9. The van der Waals surface area contributed by atoms with Gasteiger partial charge in [-0.3, -0.25) is 4.79 Å². The number of hydrogen-bond donors (Lipinski definition) is 1. The molecule has 0 bridgehead atoms. The first-order valence-electron chi connectivity index (χ1n) is 10.2. The van der Waals surface area contributed by atoms with Crippen molar-refractivity contribution in [2.24, 2.45) is 0 Å². The molecule has 0 aliphatic rings. The lowest BCUT2D eigenvalue weighted by Crippen LogP contribution is -2.35. The molecular formula is C25H24FNO5. The molecule has 0 heterocycles. The molecule has 1 atom stereocenters. The topological polar surface area (TPSA) is 73.9 Å². The number of hydrogen-bond acceptors (Lipinski definition) is 5. The van der Waals surface area contributed by atoms with Gasteiger partial charge in [0.1, 0.15) is 36.1 Å². The molecule has 0 saturated carbocycles. The van der Waals surface area contributed by atoms with Crippen LogP contribution in [-0.4, -0.2) is 31.2 Å². The number of nitrogens with one attached hydrogen (secondary N) is 1. The highest BCUT2D eigenvalue weighted by Gasteiger charge is 2.21. The van der Waals surface area contributed by atoms with Crippen molar-refractivity contribution in [1.29, 1.82) is 0 Å². The summed E-state index contributed by atoms with van der Waals surface area (Å²) < 4.78 is 29.5. The minimum Gasteiger partial charge on any atom is -0.490 e. The number of esters is 1. The van der Waals surface area contributed by atoms with Crippen LogP contribution in [0.2, 0.25) is 0 Å². The largest absolute Gasteiger partial charge is 0.490 e. The van der Waals surface area contributed by atoms with Crippen LogP contribution < -0.4 is 14.8 Å². The van der Waals surface area contributed by atoms with Crippen molar-refractivity contribution in [1.82, 2.24) is 5.32 Å². The minimum atomic E-state index is -1.02. The minimum absolute atomic E-state index is 0.197. The van der Waals surface area contributed by atoms with Gasteiger partial charge in [-0.15, -0.1) is 0 Å². The summed E-state index contributed by atoms with van der Waals surface area (Å²) in [6.45, 7) is 2.21. The number of carbonyl (C=O) groups is 2. The van der Waals surface area contributed by atoms with Gasteiger partial charge >= 0.3 is 5.97 Å². The van der Waals surface area contributed by atoms with Crippen LogP contribution in [0.5, 0.6) is 11.5 Å². The molecule has 3 aromatic rings. The van der Waals surface area contributed by atoms with E-state index in [1.165, 1.54) is 19.1 Å². The van der Waals surface area contributed by atoms with Gasteiger partial charge in [-0.25, -0.2) is 9.18 Å². The first-order valence-corrected chi connectivity index (χ1v) is 10.2. The molecule has 0 saturated heterocycles. The Morgan fingerprint density at radius 1 is 0.875 bits per heavy atom. The van der Waals surface area contributed by atoms with E-state index in [9.17, 15) is 14.0 Å². The number of ether oxygens (including phenoxy) is 3. The number of para-hydroxylation sites is 2. The molecule has 32 heavy (non-hydrogen) atoms. The van der Waals surface area contributed by atoms with Crippen molar-refractivity contribution in [2.75, 3.05) is 13.2 Å². The van der Waals surface area contributed by atoms with Gasteiger partial charge in [0.15, 0.2) is 6.10 Å². The SMILES string of the molecule is CC(OC(=O)c1ccccc1OCCOc1ccccc1)C(=O)NCc1ccc(F)cc1. The van der Waals surface area contributed by atoms with Gasteiger partial charge in [-0.05, 0) is 48.9 Å². The normalized spacial score (nSPS) is 11.3. The fourth-order valence-electron chi connectivity index (χ4n) is 2.80. The molecule has 3 rings (SSSR count). The molecular weight excluding hydrogens is 413 g/mol. The van der Waals surface area contributed by atoms with E-state index in [0.717, 1.165) is 11.3 Å². The molecule has 0 aliphatic carbocycles. The van der Waals surface area contributed by atoms with Gasteiger partial charge < -0.3 is 19.5 Å². The fraction of sp³-hybridized carbons (Fsp3) is 0.200. The van der Waals surface area contributed by atoms with Crippen molar-refractivity contribution in [3.8, 4) is 11.5 Å². The van der Waals surface area contributed by atoms with E-state index in [1.54, 1.807) is 36.4 Å². The molecule has 3 aromatic carbocycles. The summed E-state index contributed by atoms with van der Waals surface area (Å²) in [6, 6.07) is 21.7. The average Bonchev–Trinajstić information content (AvgIpc) is 2.82. The van der Waals surface area contributed by atoms with Crippen LogP contribution in [0.15, 0.2) is 78.9 Å². The summed E-state index contributed by atoms with van der Waals surface area (Å²) >= 11 is 0. The monoisotopic (exact) mass is 437 g/mol. The Bertz CT molecular complexity index is 1020. The van der Waals surface area contributed by atoms with Crippen molar-refractivity contribution in [2.45, 2.75) is 19.6 Å². The number of benzene rings is 3. The van der Waals surface area contributed by atoms with E-state index in [1.807, 2.05) is 30.3 Å². The molecule has 1 N–H and O–H groups in total. The van der Waals surface area contributed by atoms with Crippen LogP contribution in [0.25, 0.3) is 0 Å². The first kappa shape index (κ1) is 22.8. The zero-order chi connectivity index (χ0) is 22.8. The molecule has 166 valence electrons. The first-order chi connectivity index (χ1) is 15.5. The zero-order valence-electron chi connectivity index (χ0n) is 17.6. The van der Waals surface area contributed by atoms with Crippen LogP contribution in [0, 0.1) is 5.82 Å². The highest BCUT2D eigenvalue weighted by molar-refractivity contribution is 5.94. The Morgan fingerprint density at radius 3 is 2.28 bits per heavy atom. The molecule has 0 fully saturated rings. The second kappa shape index (κ2) is 11.5. The van der Waals surface area contributed by atoms with Gasteiger partial charge in [0, 0.05) is 6.54 Å². The fourth-order valence-corrected chi connectivity index (χ4v) is 2.80. The lowest BCUT2D eigenvalue weighted by Gasteiger charge is -2.15. The maximum Gasteiger partial charge on any atom is 0.342 e. The Labute approximate surface area is 185 Å². The molecule has 0 radical (unpaired) electrons. The predicted molar refractivity (Wildman–Crippen MR) is 117 cm³/mol. The Balaban J connectivity index is 1.49. The van der Waals surface area contributed by atoms with Gasteiger partial charge in [-0.2, -0.15) is 0 Å². The molecule has 7 heteroatoms. The van der Waals surface area contributed by atoms with E-state index < -0.39 is 18.0 Å². The third kappa shape index (κ3) is 6.84. The number of rotatable bonds is 10. The quantitative estimate of drug-likeness (QED) is 0.381.